The van der Waals surface area contributed by atoms with Gasteiger partial charge in [-0.15, -0.1) is 5.10 Å². The number of carbonyl (C=O) groups is 2. The second-order valence-electron chi connectivity index (χ2n) is 10.7. The van der Waals surface area contributed by atoms with E-state index in [4.69, 9.17) is 16.3 Å². The minimum absolute atomic E-state index is 0.00281. The van der Waals surface area contributed by atoms with Gasteiger partial charge in [0, 0.05) is 38.2 Å². The predicted molar refractivity (Wildman–Crippen MR) is 159 cm³/mol. The smallest absolute Gasteiger partial charge is 0.413 e. The van der Waals surface area contributed by atoms with Crippen LogP contribution >= 0.6 is 11.6 Å². The van der Waals surface area contributed by atoms with Crippen LogP contribution in [0.1, 0.15) is 49.8 Å². The van der Waals surface area contributed by atoms with Gasteiger partial charge in [0.15, 0.2) is 11.5 Å². The molecule has 15 heteroatoms. The van der Waals surface area contributed by atoms with Gasteiger partial charge in [-0.2, -0.15) is 0 Å². The van der Waals surface area contributed by atoms with Gasteiger partial charge in [0.2, 0.25) is 10.0 Å². The van der Waals surface area contributed by atoms with Crippen LogP contribution in [0.2, 0.25) is 5.02 Å². The van der Waals surface area contributed by atoms with E-state index in [9.17, 15) is 22.8 Å². The van der Waals surface area contributed by atoms with E-state index >= 15 is 0 Å². The standard InChI is InChI=1S/C27H32ClN7O6S/c1-16(19-15-17-9-7-10-18(28)20(17)25(37)34(19)14-13-33(5)42(6,39)40)30-24(36)21-22(31-26(38)41-27(2,3)4)32-35-12-8-11-29-23(21)35/h7-12,15-16H,13-14H2,1-6H3,(H,30,36)(H,31,32,38)/t16-/m0/s1. The van der Waals surface area contributed by atoms with E-state index in [2.05, 4.69) is 20.7 Å². The van der Waals surface area contributed by atoms with Crippen LogP contribution in [0.4, 0.5) is 10.6 Å². The van der Waals surface area contributed by atoms with Gasteiger partial charge in [0.05, 0.1) is 22.7 Å². The zero-order valence-electron chi connectivity index (χ0n) is 24.0. The van der Waals surface area contributed by atoms with Gasteiger partial charge >= 0.3 is 6.09 Å². The van der Waals surface area contributed by atoms with Gasteiger partial charge in [0.25, 0.3) is 11.5 Å². The second kappa shape index (κ2) is 11.7. The van der Waals surface area contributed by atoms with E-state index in [-0.39, 0.29) is 40.5 Å². The Hall–Kier alpha value is -4.01. The molecule has 0 saturated carbocycles. The Balaban J connectivity index is 1.74. The molecule has 13 nitrogen and oxygen atoms in total. The molecule has 224 valence electrons. The molecule has 0 radical (unpaired) electrons. The average Bonchev–Trinajstić information content (AvgIpc) is 3.23. The van der Waals surface area contributed by atoms with Crippen molar-refractivity contribution in [1.82, 2.24) is 28.8 Å². The molecule has 1 atom stereocenters. The van der Waals surface area contributed by atoms with E-state index in [1.54, 1.807) is 64.2 Å². The third-order valence-corrected chi connectivity index (χ3v) is 7.99. The van der Waals surface area contributed by atoms with Crippen molar-refractivity contribution in [2.45, 2.75) is 45.9 Å². The second-order valence-corrected chi connectivity index (χ2v) is 13.2. The Labute approximate surface area is 247 Å². The molecule has 3 aromatic heterocycles. The fourth-order valence-corrected chi connectivity index (χ4v) is 4.97. The predicted octanol–water partition coefficient (Wildman–Crippen LogP) is 3.43. The number of nitrogens with zero attached hydrogens (tertiary/aromatic N) is 5. The monoisotopic (exact) mass is 617 g/mol. The minimum Gasteiger partial charge on any atom is -0.444 e. The van der Waals surface area contributed by atoms with Crippen LogP contribution in [0.25, 0.3) is 16.4 Å². The molecule has 0 aliphatic rings. The lowest BCUT2D eigenvalue weighted by Crippen LogP contribution is -2.36. The highest BCUT2D eigenvalue weighted by Crippen LogP contribution is 2.25. The van der Waals surface area contributed by atoms with Crippen molar-refractivity contribution < 1.29 is 22.7 Å². The lowest BCUT2D eigenvalue weighted by molar-refractivity contribution is 0.0635. The lowest BCUT2D eigenvalue weighted by atomic mass is 10.1. The highest BCUT2D eigenvalue weighted by molar-refractivity contribution is 7.88. The van der Waals surface area contributed by atoms with Crippen molar-refractivity contribution in [1.29, 1.82) is 0 Å². The van der Waals surface area contributed by atoms with Crippen LogP contribution in [-0.2, 0) is 21.3 Å². The number of sulfonamides is 1. The Morgan fingerprint density at radius 2 is 1.93 bits per heavy atom. The number of halogens is 1. The fourth-order valence-electron chi connectivity index (χ4n) is 4.30. The first-order chi connectivity index (χ1) is 19.6. The summed E-state index contributed by atoms with van der Waals surface area (Å²) >= 11 is 6.36. The minimum atomic E-state index is -3.50. The summed E-state index contributed by atoms with van der Waals surface area (Å²) in [7, 11) is -2.09. The van der Waals surface area contributed by atoms with Gasteiger partial charge in [-0.1, -0.05) is 23.7 Å². The summed E-state index contributed by atoms with van der Waals surface area (Å²) in [6.07, 6.45) is 3.33. The van der Waals surface area contributed by atoms with Crippen LogP contribution < -0.4 is 16.2 Å². The zero-order chi connectivity index (χ0) is 31.0. The van der Waals surface area contributed by atoms with Crippen molar-refractivity contribution in [3.05, 3.63) is 69.4 Å². The number of benzene rings is 1. The third kappa shape index (κ3) is 6.72. The summed E-state index contributed by atoms with van der Waals surface area (Å²) in [5.74, 6) is -0.689. The Morgan fingerprint density at radius 1 is 1.21 bits per heavy atom. The summed E-state index contributed by atoms with van der Waals surface area (Å²) in [5, 5.41) is 10.8. The quantitative estimate of drug-likeness (QED) is 0.304. The summed E-state index contributed by atoms with van der Waals surface area (Å²) in [5.41, 5.74) is -0.627. The molecule has 0 bridgehead atoms. The largest absolute Gasteiger partial charge is 0.444 e. The molecule has 4 aromatic rings. The van der Waals surface area contributed by atoms with Crippen LogP contribution in [0.3, 0.4) is 0 Å². The Kier molecular flexibility index (Phi) is 8.62. The summed E-state index contributed by atoms with van der Waals surface area (Å²) < 4.78 is 33.2. The van der Waals surface area contributed by atoms with Gasteiger partial charge in [-0.3, -0.25) is 14.9 Å². The van der Waals surface area contributed by atoms with Gasteiger partial charge in [-0.05, 0) is 51.3 Å². The van der Waals surface area contributed by atoms with Crippen LogP contribution in [0.5, 0.6) is 0 Å². The number of pyridine rings is 1. The lowest BCUT2D eigenvalue weighted by Gasteiger charge is -2.23. The van der Waals surface area contributed by atoms with Crippen molar-refractivity contribution in [2.24, 2.45) is 0 Å². The Morgan fingerprint density at radius 3 is 2.60 bits per heavy atom. The number of carbonyl (C=O) groups excluding carboxylic acids is 2. The van der Waals surface area contributed by atoms with E-state index in [1.807, 2.05) is 0 Å². The third-order valence-electron chi connectivity index (χ3n) is 6.36. The first-order valence-corrected chi connectivity index (χ1v) is 15.2. The molecule has 0 fully saturated rings. The normalized spacial score (nSPS) is 13.0. The van der Waals surface area contributed by atoms with Crippen LogP contribution in [0, 0.1) is 0 Å². The molecule has 0 saturated heterocycles. The number of ether oxygens (including phenoxy) is 1. The molecule has 4 rings (SSSR count). The van der Waals surface area contributed by atoms with E-state index in [0.29, 0.717) is 11.1 Å². The zero-order valence-corrected chi connectivity index (χ0v) is 25.6. The molecule has 2 N–H and O–H groups in total. The molecule has 0 aliphatic heterocycles. The number of nitrogens with one attached hydrogen (secondary N) is 2. The number of likely N-dealkylation sites (N-methyl/N-ethyl adjacent to an activating group) is 1. The maximum Gasteiger partial charge on any atom is 0.413 e. The number of hydrogen-bond donors (Lipinski definition) is 2. The SMILES string of the molecule is C[C@H](NC(=O)c1c(NC(=O)OC(C)(C)C)nn2cccnc12)c1cc2cccc(Cl)c2c(=O)n1CCN(C)S(C)(=O)=O. The molecule has 0 unspecified atom stereocenters. The van der Waals surface area contributed by atoms with Crippen LogP contribution in [-0.4, -0.2) is 69.3 Å². The average molecular weight is 618 g/mol. The number of anilines is 1. The van der Waals surface area contributed by atoms with E-state index < -0.39 is 39.2 Å². The molecule has 1 aromatic carbocycles. The van der Waals surface area contributed by atoms with Gasteiger partial charge < -0.3 is 14.6 Å². The topological polar surface area (TPSA) is 157 Å². The van der Waals surface area contributed by atoms with Crippen molar-refractivity contribution in [3.63, 3.8) is 0 Å². The number of aromatic nitrogens is 4. The van der Waals surface area contributed by atoms with Gasteiger partial charge in [-0.25, -0.2) is 27.0 Å². The van der Waals surface area contributed by atoms with Crippen LogP contribution in [0.15, 0.2) is 47.5 Å². The number of rotatable bonds is 8. The van der Waals surface area contributed by atoms with Gasteiger partial charge in [0.1, 0.15) is 11.2 Å². The fraction of sp³-hybridized carbons (Fsp3) is 0.370. The molecule has 42 heavy (non-hydrogen) atoms. The summed E-state index contributed by atoms with van der Waals surface area (Å²) in [6, 6.07) is 7.62. The van der Waals surface area contributed by atoms with E-state index in [1.165, 1.54) is 22.3 Å². The molecule has 2 amide bonds. The van der Waals surface area contributed by atoms with E-state index in [0.717, 1.165) is 10.6 Å². The molecule has 0 aliphatic carbocycles. The number of fused-ring (bicyclic) bond motifs is 2. The number of hydrogen-bond acceptors (Lipinski definition) is 8. The molecule has 3 heterocycles. The van der Waals surface area contributed by atoms with Crippen molar-refractivity contribution in [2.75, 3.05) is 25.2 Å². The molecular formula is C27H32ClN7O6S. The Bertz CT molecular complexity index is 1850. The first kappa shape index (κ1) is 30.9. The van der Waals surface area contributed by atoms with Crippen molar-refractivity contribution >= 4 is 55.9 Å². The summed E-state index contributed by atoms with van der Waals surface area (Å²) in [4.78, 5) is 44.1. The maximum atomic E-state index is 13.7. The highest BCUT2D eigenvalue weighted by Gasteiger charge is 2.27. The first-order valence-electron chi connectivity index (χ1n) is 12.9. The molecule has 0 spiro atoms. The molecular weight excluding hydrogens is 586 g/mol. The number of amides is 2. The van der Waals surface area contributed by atoms with Crippen molar-refractivity contribution in [3.8, 4) is 0 Å². The highest BCUT2D eigenvalue weighted by atomic mass is 35.5. The summed E-state index contributed by atoms with van der Waals surface area (Å²) in [6.45, 7) is 6.80. The maximum absolute atomic E-state index is 13.7.